The molecule has 0 saturated carbocycles. The molecule has 0 spiro atoms. The zero-order valence-corrected chi connectivity index (χ0v) is 22.2. The van der Waals surface area contributed by atoms with E-state index in [1.165, 1.54) is 38.2 Å². The molecule has 5 aromatic rings. The smallest absolute Gasteiger partial charge is 0.0134 e. The van der Waals surface area contributed by atoms with Crippen LogP contribution in [0, 0.1) is 10.1 Å². The van der Waals surface area contributed by atoms with Crippen LogP contribution in [0.1, 0.15) is 16.7 Å². The van der Waals surface area contributed by atoms with Gasteiger partial charge < -0.3 is 0 Å². The van der Waals surface area contributed by atoms with E-state index in [0.29, 0.717) is 0 Å². The second kappa shape index (κ2) is 11.5. The van der Waals surface area contributed by atoms with Gasteiger partial charge >= 0.3 is 108 Å². The van der Waals surface area contributed by atoms with Gasteiger partial charge in [0, 0.05) is 0 Å². The summed E-state index contributed by atoms with van der Waals surface area (Å²) in [7, 11) is -0.446. The Balaban J connectivity index is 0.000000147. The van der Waals surface area contributed by atoms with Crippen molar-refractivity contribution < 1.29 is 21.1 Å². The quantitative estimate of drug-likeness (QED) is 0.116. The second-order valence-electron chi connectivity index (χ2n) is 8.25. The molecule has 0 fully saturated rings. The average molecular weight is 648 g/mol. The summed E-state index contributed by atoms with van der Waals surface area (Å²) in [4.78, 5) is 0. The molecule has 0 unspecified atom stereocenters. The molecule has 5 aromatic carbocycles. The van der Waals surface area contributed by atoms with Gasteiger partial charge in [-0.05, 0) is 23.8 Å². The maximum Gasteiger partial charge on any atom is -0.0134 e. The van der Waals surface area contributed by atoms with Crippen LogP contribution in [0.2, 0.25) is 0 Å². The molecule has 1 aliphatic carbocycles. The Morgan fingerprint density at radius 3 is 1.54 bits per heavy atom. The molecule has 172 valence electrons. The Kier molecular flexibility index (Phi) is 7.75. The molecule has 0 heterocycles. The summed E-state index contributed by atoms with van der Waals surface area (Å²) >= 11 is 2.25. The van der Waals surface area contributed by atoms with Crippen molar-refractivity contribution in [3.8, 4) is 21.2 Å². The third-order valence-electron chi connectivity index (χ3n) is 6.02. The van der Waals surface area contributed by atoms with E-state index in [0.717, 1.165) is 12.0 Å². The van der Waals surface area contributed by atoms with Crippen LogP contribution in [0.3, 0.4) is 0 Å². The number of hydrogen-bond donors (Lipinski definition) is 0. The predicted octanol–water partition coefficient (Wildman–Crippen LogP) is 6.56. The molecule has 0 saturated heterocycles. The van der Waals surface area contributed by atoms with Gasteiger partial charge in [-0.25, -0.2) is 0 Å². The van der Waals surface area contributed by atoms with E-state index in [4.69, 9.17) is 0 Å². The van der Waals surface area contributed by atoms with Crippen molar-refractivity contribution in [2.75, 3.05) is 0 Å². The van der Waals surface area contributed by atoms with Gasteiger partial charge in [0.15, 0.2) is 0 Å². The van der Waals surface area contributed by atoms with Crippen LogP contribution in [-0.2, 0) is 27.5 Å². The van der Waals surface area contributed by atoms with E-state index in [1.807, 2.05) is 0 Å². The topological polar surface area (TPSA) is 0 Å². The van der Waals surface area contributed by atoms with Gasteiger partial charge in [0.25, 0.3) is 0 Å². The summed E-state index contributed by atoms with van der Waals surface area (Å²) < 4.78 is 2.89. The van der Waals surface area contributed by atoms with Crippen molar-refractivity contribution in [3.05, 3.63) is 150 Å². The summed E-state index contributed by atoms with van der Waals surface area (Å²) in [5, 5.41) is 4.19. The van der Waals surface area contributed by atoms with Gasteiger partial charge in [0.05, 0.1) is 0 Å². The van der Waals surface area contributed by atoms with Crippen LogP contribution in [0.25, 0.3) is 11.1 Å². The van der Waals surface area contributed by atoms with E-state index in [-0.39, 0.29) is 0 Å². The summed E-state index contributed by atoms with van der Waals surface area (Å²) in [6.45, 7) is 0. The molecule has 6 rings (SSSR count). The standard InChI is InChI=1S/C18H15P.C15H9.Au/c1-4-10-16(11-5-1)19(17-12-6-2-7-13-17)18-14-8-3-9-15-18;1-2-11-7-8-15-13(9-11)10-12-5-3-4-6-14(12)15;/h1-15H;3-9H,10H2;. The van der Waals surface area contributed by atoms with Gasteiger partial charge in [-0.15, -0.1) is 0 Å². The number of fused-ring (bicyclic) bond motifs is 3. The van der Waals surface area contributed by atoms with Crippen LogP contribution < -0.4 is 15.9 Å². The zero-order chi connectivity index (χ0) is 23.9. The van der Waals surface area contributed by atoms with Gasteiger partial charge in [0.1, 0.15) is 0 Å². The number of benzene rings is 5. The van der Waals surface area contributed by atoms with Crippen LogP contribution in [0.4, 0.5) is 0 Å². The molecule has 0 radical (unpaired) electrons. The van der Waals surface area contributed by atoms with E-state index < -0.39 is 7.92 Å². The van der Waals surface area contributed by atoms with E-state index in [1.54, 1.807) is 0 Å². The predicted molar refractivity (Wildman–Crippen MR) is 147 cm³/mol. The van der Waals surface area contributed by atoms with E-state index in [9.17, 15) is 0 Å². The molecule has 0 atom stereocenters. The Hall–Kier alpha value is -3.17. The fourth-order valence-electron chi connectivity index (χ4n) is 4.44. The van der Waals surface area contributed by atoms with Gasteiger partial charge in [0.2, 0.25) is 0 Å². The molecule has 0 bridgehead atoms. The molecule has 0 N–H and O–H groups in total. The Morgan fingerprint density at radius 1 is 0.514 bits per heavy atom. The van der Waals surface area contributed by atoms with Crippen LogP contribution in [0.5, 0.6) is 0 Å². The number of hydrogen-bond acceptors (Lipinski definition) is 0. The van der Waals surface area contributed by atoms with Crippen LogP contribution in [-0.4, -0.2) is 0 Å². The monoisotopic (exact) mass is 648 g/mol. The first-order valence-electron chi connectivity index (χ1n) is 11.6. The molecule has 0 nitrogen and oxygen atoms in total. The van der Waals surface area contributed by atoms with Crippen molar-refractivity contribution in [1.29, 1.82) is 0 Å². The Bertz CT molecular complexity index is 1370. The van der Waals surface area contributed by atoms with Crippen molar-refractivity contribution in [2.45, 2.75) is 6.42 Å². The molecule has 0 aliphatic heterocycles. The maximum atomic E-state index is 3.09. The molecule has 0 amide bonds. The van der Waals surface area contributed by atoms with Gasteiger partial charge in [-0.3, -0.25) is 0 Å². The van der Waals surface area contributed by atoms with Crippen LogP contribution in [0.15, 0.2) is 133 Å². The molecule has 35 heavy (non-hydrogen) atoms. The van der Waals surface area contributed by atoms with Crippen molar-refractivity contribution in [3.63, 3.8) is 0 Å². The summed E-state index contributed by atoms with van der Waals surface area (Å²) in [6.07, 6.45) is 1.04. The van der Waals surface area contributed by atoms with Crippen molar-refractivity contribution >= 4 is 23.8 Å². The molecular formula is C33H24AuP. The first-order valence-corrected chi connectivity index (χ1v) is 14.0. The fraction of sp³-hybridized carbons (Fsp3) is 0.0303. The minimum absolute atomic E-state index is 0.446. The molecule has 1 aliphatic rings. The Labute approximate surface area is 221 Å². The fourth-order valence-corrected chi connectivity index (χ4v) is 7.06. The summed E-state index contributed by atoms with van der Waals surface area (Å²) in [5.41, 5.74) is 6.68. The van der Waals surface area contributed by atoms with Crippen LogP contribution >= 0.6 is 7.92 Å². The van der Waals surface area contributed by atoms with Crippen molar-refractivity contribution in [2.24, 2.45) is 0 Å². The summed E-state index contributed by atoms with van der Waals surface area (Å²) in [5.74, 6) is 3.09. The third-order valence-corrected chi connectivity index (χ3v) is 8.73. The minimum atomic E-state index is -0.446. The van der Waals surface area contributed by atoms with Gasteiger partial charge in [-0.2, -0.15) is 0 Å². The van der Waals surface area contributed by atoms with Gasteiger partial charge in [-0.1, -0.05) is 91.0 Å². The van der Waals surface area contributed by atoms with E-state index >= 15 is 0 Å². The normalized spacial score (nSPS) is 10.9. The molecule has 2 heteroatoms. The summed E-state index contributed by atoms with van der Waals surface area (Å²) in [6, 6.07) is 47.4. The molecular weight excluding hydrogens is 624 g/mol. The second-order valence-corrected chi connectivity index (χ2v) is 11.0. The first-order chi connectivity index (χ1) is 17.3. The largest absolute Gasteiger partial charge is 0.0622 e. The van der Waals surface area contributed by atoms with E-state index in [2.05, 4.69) is 165 Å². The minimum Gasteiger partial charge on any atom is -0.0622 e. The third kappa shape index (κ3) is 5.57. The maximum absolute atomic E-state index is 3.09. The molecule has 0 aromatic heterocycles. The number of rotatable bonds is 3. The first kappa shape index (κ1) is 23.6. The Morgan fingerprint density at radius 2 is 1.00 bits per heavy atom. The average Bonchev–Trinajstić information content (AvgIpc) is 3.29. The SMILES string of the molecule is [Au][C]#Cc1ccc2c(c1)Cc1ccccc1-2.c1ccc(P(c2ccccc2)c2ccccc2)cc1. The zero-order valence-electron chi connectivity index (χ0n) is 19.2. The van der Waals surface area contributed by atoms with Crippen molar-refractivity contribution in [1.82, 2.24) is 0 Å².